The van der Waals surface area contributed by atoms with Gasteiger partial charge in [-0.25, -0.2) is 0 Å². The van der Waals surface area contributed by atoms with E-state index in [1.807, 2.05) is 17.0 Å². The molecule has 0 aliphatic heterocycles. The molecule has 3 N–H and O–H groups in total. The molecule has 0 fully saturated rings. The Balaban J connectivity index is 2.97. The second-order valence-corrected chi connectivity index (χ2v) is 5.04. The van der Waals surface area contributed by atoms with Crippen molar-refractivity contribution in [3.05, 3.63) is 28.8 Å². The fourth-order valence-corrected chi connectivity index (χ4v) is 2.17. The average molecular weight is 285 g/mol. The van der Waals surface area contributed by atoms with E-state index in [-0.39, 0.29) is 12.5 Å². The smallest absolute Gasteiger partial charge is 0.236 e. The molecule has 1 aromatic rings. The van der Waals surface area contributed by atoms with Crippen LogP contribution < -0.4 is 10.6 Å². The van der Waals surface area contributed by atoms with Gasteiger partial charge in [0.1, 0.15) is 0 Å². The molecule has 1 aromatic carbocycles. The van der Waals surface area contributed by atoms with Gasteiger partial charge in [0.05, 0.1) is 23.4 Å². The maximum absolute atomic E-state index is 11.1. The molecule has 0 saturated heterocycles. The van der Waals surface area contributed by atoms with Crippen molar-refractivity contribution in [2.75, 3.05) is 18.0 Å². The van der Waals surface area contributed by atoms with E-state index < -0.39 is 6.10 Å². The highest BCUT2D eigenvalue weighted by Crippen LogP contribution is 2.29. The Morgan fingerprint density at radius 2 is 2.21 bits per heavy atom. The van der Waals surface area contributed by atoms with Crippen molar-refractivity contribution >= 4 is 23.2 Å². The Morgan fingerprint density at radius 3 is 2.68 bits per heavy atom. The zero-order valence-corrected chi connectivity index (χ0v) is 12.2. The Hall–Kier alpha value is -1.26. The number of rotatable bonds is 7. The van der Waals surface area contributed by atoms with Crippen LogP contribution in [0.2, 0.25) is 5.02 Å². The topological polar surface area (TPSA) is 66.6 Å². The minimum atomic E-state index is -0.563. The number of aliphatic hydroxyl groups excluding tert-OH is 1. The summed E-state index contributed by atoms with van der Waals surface area (Å²) in [4.78, 5) is 13.0. The highest BCUT2D eigenvalue weighted by molar-refractivity contribution is 6.33. The van der Waals surface area contributed by atoms with Gasteiger partial charge in [0.2, 0.25) is 5.91 Å². The van der Waals surface area contributed by atoms with E-state index in [0.29, 0.717) is 5.02 Å². The molecule has 0 aliphatic carbocycles. The predicted octanol–water partition coefficient (Wildman–Crippen LogP) is 2.49. The molecule has 106 valence electrons. The largest absolute Gasteiger partial charge is 0.389 e. The van der Waals surface area contributed by atoms with Gasteiger partial charge in [-0.15, -0.1) is 0 Å². The van der Waals surface area contributed by atoms with Crippen LogP contribution in [-0.4, -0.2) is 24.1 Å². The summed E-state index contributed by atoms with van der Waals surface area (Å²) in [6.45, 7) is 4.64. The molecule has 0 aromatic heterocycles. The van der Waals surface area contributed by atoms with Crippen LogP contribution in [0.5, 0.6) is 0 Å². The van der Waals surface area contributed by atoms with E-state index in [2.05, 4.69) is 6.92 Å². The maximum atomic E-state index is 11.1. The highest BCUT2D eigenvalue weighted by atomic mass is 35.5. The number of halogens is 1. The van der Waals surface area contributed by atoms with Crippen molar-refractivity contribution in [3.63, 3.8) is 0 Å². The summed E-state index contributed by atoms with van der Waals surface area (Å²) in [5, 5.41) is 10.0. The molecule has 4 nitrogen and oxygen atoms in total. The van der Waals surface area contributed by atoms with Crippen molar-refractivity contribution in [1.82, 2.24) is 0 Å². The number of nitrogens with zero attached hydrogens (tertiary/aromatic N) is 1. The summed E-state index contributed by atoms with van der Waals surface area (Å²) in [7, 11) is 0. The standard InChI is InChI=1S/C14H21ClN2O2/c1-3-4-7-17(9-14(16)19)13-6-5-11(10(2)18)8-12(13)15/h5-6,8,10,18H,3-4,7,9H2,1-2H3,(H2,16,19)/t10-/m1/s1. The number of unbranched alkanes of at least 4 members (excludes halogenated alkanes) is 1. The van der Waals surface area contributed by atoms with Crippen LogP contribution >= 0.6 is 11.6 Å². The van der Waals surface area contributed by atoms with E-state index >= 15 is 0 Å². The lowest BCUT2D eigenvalue weighted by Crippen LogP contribution is -2.34. The van der Waals surface area contributed by atoms with Crippen LogP contribution in [0.15, 0.2) is 18.2 Å². The van der Waals surface area contributed by atoms with Crippen LogP contribution in [0.4, 0.5) is 5.69 Å². The van der Waals surface area contributed by atoms with Crippen molar-refractivity contribution in [3.8, 4) is 0 Å². The molecule has 0 bridgehead atoms. The number of nitrogens with two attached hydrogens (primary N) is 1. The zero-order valence-electron chi connectivity index (χ0n) is 11.4. The highest BCUT2D eigenvalue weighted by Gasteiger charge is 2.13. The van der Waals surface area contributed by atoms with Crippen LogP contribution in [0.3, 0.4) is 0 Å². The molecule has 0 spiro atoms. The summed E-state index contributed by atoms with van der Waals surface area (Å²) < 4.78 is 0. The molecule has 0 heterocycles. The van der Waals surface area contributed by atoms with E-state index in [1.54, 1.807) is 13.0 Å². The number of primary amides is 1. The van der Waals surface area contributed by atoms with Gasteiger partial charge < -0.3 is 15.7 Å². The number of carbonyl (C=O) groups is 1. The third kappa shape index (κ3) is 4.73. The maximum Gasteiger partial charge on any atom is 0.236 e. The van der Waals surface area contributed by atoms with Gasteiger partial charge in [-0.1, -0.05) is 31.0 Å². The van der Waals surface area contributed by atoms with Crippen LogP contribution in [0, 0.1) is 0 Å². The first-order chi connectivity index (χ1) is 8.95. The van der Waals surface area contributed by atoms with Crippen molar-refractivity contribution in [1.29, 1.82) is 0 Å². The van der Waals surface area contributed by atoms with Crippen molar-refractivity contribution in [2.24, 2.45) is 5.73 Å². The van der Waals surface area contributed by atoms with Gasteiger partial charge in [-0.3, -0.25) is 4.79 Å². The number of anilines is 1. The molecule has 0 aliphatic rings. The number of amides is 1. The summed E-state index contributed by atoms with van der Waals surface area (Å²) in [6.07, 6.45) is 1.42. The predicted molar refractivity (Wildman–Crippen MR) is 78.4 cm³/mol. The quantitative estimate of drug-likeness (QED) is 0.808. The van der Waals surface area contributed by atoms with Crippen LogP contribution in [0.1, 0.15) is 38.4 Å². The Kier molecular flexibility index (Phi) is 6.12. The van der Waals surface area contributed by atoms with E-state index in [0.717, 1.165) is 30.6 Å². The van der Waals surface area contributed by atoms with Crippen LogP contribution in [0.25, 0.3) is 0 Å². The molecule has 0 radical (unpaired) electrons. The molecular formula is C14H21ClN2O2. The zero-order chi connectivity index (χ0) is 14.4. The number of benzene rings is 1. The van der Waals surface area contributed by atoms with Crippen LogP contribution in [-0.2, 0) is 4.79 Å². The van der Waals surface area contributed by atoms with Crippen molar-refractivity contribution in [2.45, 2.75) is 32.8 Å². The lowest BCUT2D eigenvalue weighted by atomic mass is 10.1. The lowest BCUT2D eigenvalue weighted by molar-refractivity contribution is -0.116. The normalized spacial score (nSPS) is 12.2. The average Bonchev–Trinajstić information content (AvgIpc) is 2.34. The fourth-order valence-electron chi connectivity index (χ4n) is 1.86. The molecule has 0 unspecified atom stereocenters. The van der Waals surface area contributed by atoms with Gasteiger partial charge in [0, 0.05) is 6.54 Å². The van der Waals surface area contributed by atoms with Crippen molar-refractivity contribution < 1.29 is 9.90 Å². The van der Waals surface area contributed by atoms with E-state index in [4.69, 9.17) is 17.3 Å². The Bertz CT molecular complexity index is 435. The number of carbonyl (C=O) groups excluding carboxylic acids is 1. The number of hydrogen-bond donors (Lipinski definition) is 2. The Labute approximate surface area is 119 Å². The van der Waals surface area contributed by atoms with E-state index in [1.165, 1.54) is 0 Å². The first-order valence-electron chi connectivity index (χ1n) is 6.46. The molecular weight excluding hydrogens is 264 g/mol. The molecule has 5 heteroatoms. The van der Waals surface area contributed by atoms with Gasteiger partial charge in [-0.05, 0) is 31.0 Å². The number of hydrogen-bond acceptors (Lipinski definition) is 3. The first-order valence-corrected chi connectivity index (χ1v) is 6.84. The Morgan fingerprint density at radius 1 is 1.53 bits per heavy atom. The van der Waals surface area contributed by atoms with Gasteiger partial charge in [-0.2, -0.15) is 0 Å². The fraction of sp³-hybridized carbons (Fsp3) is 0.500. The second kappa shape index (κ2) is 7.36. The number of aliphatic hydroxyl groups is 1. The van der Waals surface area contributed by atoms with Gasteiger partial charge in [0.25, 0.3) is 0 Å². The molecule has 1 amide bonds. The van der Waals surface area contributed by atoms with E-state index in [9.17, 15) is 9.90 Å². The summed E-state index contributed by atoms with van der Waals surface area (Å²) in [5.74, 6) is -0.383. The molecule has 19 heavy (non-hydrogen) atoms. The molecule has 1 rings (SSSR count). The second-order valence-electron chi connectivity index (χ2n) is 4.63. The van der Waals surface area contributed by atoms with Gasteiger partial charge >= 0.3 is 0 Å². The van der Waals surface area contributed by atoms with Gasteiger partial charge in [0.15, 0.2) is 0 Å². The SMILES string of the molecule is CCCCN(CC(N)=O)c1ccc([C@@H](C)O)cc1Cl. The minimum Gasteiger partial charge on any atom is -0.389 e. The molecule has 1 atom stereocenters. The summed E-state index contributed by atoms with van der Waals surface area (Å²) in [5.41, 5.74) is 6.80. The third-order valence-electron chi connectivity index (χ3n) is 2.92. The first kappa shape index (κ1) is 15.8. The summed E-state index contributed by atoms with van der Waals surface area (Å²) in [6, 6.07) is 5.36. The monoisotopic (exact) mass is 284 g/mol. The lowest BCUT2D eigenvalue weighted by Gasteiger charge is -2.24. The molecule has 0 saturated carbocycles. The minimum absolute atomic E-state index is 0.147. The summed E-state index contributed by atoms with van der Waals surface area (Å²) >= 11 is 6.23. The third-order valence-corrected chi connectivity index (χ3v) is 3.23.